The summed E-state index contributed by atoms with van der Waals surface area (Å²) in [6, 6.07) is 7.39. The number of benzene rings is 1. The number of primary amides is 1. The van der Waals surface area contributed by atoms with Crippen molar-refractivity contribution in [3.63, 3.8) is 0 Å². The van der Waals surface area contributed by atoms with Crippen molar-refractivity contribution in [3.8, 4) is 5.75 Å². The summed E-state index contributed by atoms with van der Waals surface area (Å²) in [7, 11) is 1.42. The number of carbonyl (C=O) groups is 2. The number of amides is 1. The second kappa shape index (κ2) is 9.80. The first-order valence-electron chi connectivity index (χ1n) is 9.05. The monoisotopic (exact) mass is 376 g/mol. The van der Waals surface area contributed by atoms with Crippen molar-refractivity contribution < 1.29 is 19.1 Å². The Hall–Kier alpha value is -2.77. The van der Waals surface area contributed by atoms with Crippen molar-refractivity contribution >= 4 is 17.8 Å². The Morgan fingerprint density at radius 1 is 1.37 bits per heavy atom. The summed E-state index contributed by atoms with van der Waals surface area (Å²) in [5.74, 6) is 0.693. The van der Waals surface area contributed by atoms with Crippen LogP contribution in [0.4, 0.5) is 0 Å². The van der Waals surface area contributed by atoms with Crippen molar-refractivity contribution in [1.29, 1.82) is 0 Å². The lowest BCUT2D eigenvalue weighted by molar-refractivity contribution is -0.146. The van der Waals surface area contributed by atoms with E-state index in [0.717, 1.165) is 24.6 Å². The van der Waals surface area contributed by atoms with E-state index >= 15 is 0 Å². The topological polar surface area (TPSA) is 106 Å². The molecular formula is C19H28N4O4. The summed E-state index contributed by atoms with van der Waals surface area (Å²) < 4.78 is 10.2. The van der Waals surface area contributed by atoms with E-state index in [-0.39, 0.29) is 24.4 Å². The highest BCUT2D eigenvalue weighted by Gasteiger charge is 2.36. The summed E-state index contributed by atoms with van der Waals surface area (Å²) in [6.07, 6.45) is 0. The third kappa shape index (κ3) is 5.87. The molecule has 1 aliphatic rings. The molecule has 1 amide bonds. The minimum atomic E-state index is -0.517. The number of carbonyl (C=O) groups excluding carboxylic acids is 2. The molecule has 8 nitrogen and oxygen atoms in total. The van der Waals surface area contributed by atoms with E-state index in [4.69, 9.17) is 15.2 Å². The molecule has 3 N–H and O–H groups in total. The number of likely N-dealkylation sites (tertiary alicyclic amines) is 1. The summed E-state index contributed by atoms with van der Waals surface area (Å²) in [4.78, 5) is 29.5. The van der Waals surface area contributed by atoms with E-state index in [0.29, 0.717) is 18.8 Å². The van der Waals surface area contributed by atoms with Crippen LogP contribution in [0, 0.1) is 11.8 Å². The van der Waals surface area contributed by atoms with Crippen molar-refractivity contribution in [2.24, 2.45) is 22.6 Å². The van der Waals surface area contributed by atoms with Crippen LogP contribution in [0.25, 0.3) is 0 Å². The fourth-order valence-corrected chi connectivity index (χ4v) is 3.08. The van der Waals surface area contributed by atoms with Gasteiger partial charge in [-0.1, -0.05) is 19.1 Å². The molecule has 0 bridgehead atoms. The number of nitrogens with zero attached hydrogens (tertiary/aromatic N) is 2. The highest BCUT2D eigenvalue weighted by atomic mass is 16.5. The summed E-state index contributed by atoms with van der Waals surface area (Å²) in [5.41, 5.74) is 6.05. The summed E-state index contributed by atoms with van der Waals surface area (Å²) in [6.45, 7) is 6.40. The molecule has 8 heteroatoms. The third-order valence-electron chi connectivity index (χ3n) is 4.44. The first-order valence-corrected chi connectivity index (χ1v) is 9.05. The molecule has 1 heterocycles. The number of hydrogen-bond acceptors (Lipinski definition) is 5. The number of ether oxygens (including phenoxy) is 2. The van der Waals surface area contributed by atoms with E-state index < -0.39 is 5.91 Å². The minimum Gasteiger partial charge on any atom is -0.484 e. The molecule has 0 radical (unpaired) electrons. The standard InChI is InChI=1S/C19H28N4O4/c1-4-21-19(23-10-13(2)16(11-23)18(25)26-3)22-9-14-6-5-7-15(8-14)27-12-17(20)24/h5-8,13,16H,4,9-12H2,1-3H3,(H2,20,24)(H,21,22). The highest BCUT2D eigenvalue weighted by molar-refractivity contribution is 5.82. The zero-order chi connectivity index (χ0) is 19.8. The molecule has 1 aliphatic heterocycles. The first kappa shape index (κ1) is 20.5. The van der Waals surface area contributed by atoms with Gasteiger partial charge < -0.3 is 25.4 Å². The van der Waals surface area contributed by atoms with Crippen molar-refractivity contribution in [1.82, 2.24) is 10.2 Å². The Labute approximate surface area is 159 Å². The first-order chi connectivity index (χ1) is 12.9. The number of rotatable bonds is 7. The Bertz CT molecular complexity index is 692. The number of guanidine groups is 1. The van der Waals surface area contributed by atoms with Gasteiger partial charge in [-0.15, -0.1) is 0 Å². The lowest BCUT2D eigenvalue weighted by Gasteiger charge is -2.21. The smallest absolute Gasteiger partial charge is 0.310 e. The molecule has 1 fully saturated rings. The SMILES string of the molecule is CCNC(=NCc1cccc(OCC(N)=O)c1)N1CC(C)C(C(=O)OC)C1. The van der Waals surface area contributed by atoms with Gasteiger partial charge >= 0.3 is 5.97 Å². The van der Waals surface area contributed by atoms with E-state index in [2.05, 4.69) is 15.2 Å². The lowest BCUT2D eigenvalue weighted by atomic mass is 9.99. The van der Waals surface area contributed by atoms with Crippen LogP contribution >= 0.6 is 0 Å². The van der Waals surface area contributed by atoms with Gasteiger partial charge in [-0.2, -0.15) is 0 Å². The van der Waals surface area contributed by atoms with Gasteiger partial charge in [0.05, 0.1) is 19.6 Å². The fourth-order valence-electron chi connectivity index (χ4n) is 3.08. The Morgan fingerprint density at radius 2 is 2.15 bits per heavy atom. The molecular weight excluding hydrogens is 348 g/mol. The predicted molar refractivity (Wildman–Crippen MR) is 102 cm³/mol. The maximum atomic E-state index is 11.9. The molecule has 1 saturated heterocycles. The van der Waals surface area contributed by atoms with Crippen molar-refractivity contribution in [3.05, 3.63) is 29.8 Å². The average molecular weight is 376 g/mol. The van der Waals surface area contributed by atoms with Crippen LogP contribution in [0.3, 0.4) is 0 Å². The number of nitrogens with two attached hydrogens (primary N) is 1. The molecule has 27 heavy (non-hydrogen) atoms. The van der Waals surface area contributed by atoms with E-state index in [9.17, 15) is 9.59 Å². The van der Waals surface area contributed by atoms with Crippen LogP contribution in [-0.4, -0.2) is 56.1 Å². The van der Waals surface area contributed by atoms with Crippen LogP contribution < -0.4 is 15.8 Å². The van der Waals surface area contributed by atoms with Gasteiger partial charge in [0.2, 0.25) is 0 Å². The Balaban J connectivity index is 2.06. The molecule has 0 aromatic heterocycles. The second-order valence-corrected chi connectivity index (χ2v) is 6.58. The summed E-state index contributed by atoms with van der Waals surface area (Å²) >= 11 is 0. The number of aliphatic imine (C=N–C) groups is 1. The largest absolute Gasteiger partial charge is 0.484 e. The quantitative estimate of drug-likeness (QED) is 0.413. The van der Waals surface area contributed by atoms with E-state index in [1.807, 2.05) is 32.0 Å². The third-order valence-corrected chi connectivity index (χ3v) is 4.44. The zero-order valence-electron chi connectivity index (χ0n) is 16.1. The number of nitrogens with one attached hydrogen (secondary N) is 1. The zero-order valence-corrected chi connectivity index (χ0v) is 16.1. The lowest BCUT2D eigenvalue weighted by Crippen LogP contribution is -2.40. The number of methoxy groups -OCH3 is 1. The molecule has 2 atom stereocenters. The van der Waals surface area contributed by atoms with Gasteiger partial charge in [0.15, 0.2) is 12.6 Å². The molecule has 2 unspecified atom stereocenters. The van der Waals surface area contributed by atoms with Gasteiger partial charge in [-0.25, -0.2) is 4.99 Å². The molecule has 0 saturated carbocycles. The molecule has 0 spiro atoms. The molecule has 1 aromatic rings. The normalized spacial score (nSPS) is 19.7. The maximum absolute atomic E-state index is 11.9. The molecule has 0 aliphatic carbocycles. The fraction of sp³-hybridized carbons (Fsp3) is 0.526. The van der Waals surface area contributed by atoms with Gasteiger partial charge in [0.25, 0.3) is 5.91 Å². The number of esters is 1. The van der Waals surface area contributed by atoms with Crippen LogP contribution in [0.5, 0.6) is 5.75 Å². The van der Waals surface area contributed by atoms with Gasteiger partial charge in [-0.3, -0.25) is 9.59 Å². The van der Waals surface area contributed by atoms with Gasteiger partial charge in [-0.05, 0) is 30.5 Å². The molecule has 148 valence electrons. The maximum Gasteiger partial charge on any atom is 0.310 e. The van der Waals surface area contributed by atoms with E-state index in [1.54, 1.807) is 6.07 Å². The van der Waals surface area contributed by atoms with Crippen LogP contribution in [0.2, 0.25) is 0 Å². The van der Waals surface area contributed by atoms with Crippen molar-refractivity contribution in [2.75, 3.05) is 33.4 Å². The Morgan fingerprint density at radius 3 is 2.81 bits per heavy atom. The number of hydrogen-bond donors (Lipinski definition) is 2. The second-order valence-electron chi connectivity index (χ2n) is 6.58. The summed E-state index contributed by atoms with van der Waals surface area (Å²) in [5, 5.41) is 3.28. The average Bonchev–Trinajstić information content (AvgIpc) is 3.04. The van der Waals surface area contributed by atoms with Gasteiger partial charge in [0, 0.05) is 19.6 Å². The molecule has 2 rings (SSSR count). The highest BCUT2D eigenvalue weighted by Crippen LogP contribution is 2.24. The minimum absolute atomic E-state index is 0.149. The molecule has 1 aromatic carbocycles. The van der Waals surface area contributed by atoms with Crippen LogP contribution in [0.1, 0.15) is 19.4 Å². The van der Waals surface area contributed by atoms with E-state index in [1.165, 1.54) is 7.11 Å². The van der Waals surface area contributed by atoms with Gasteiger partial charge in [0.1, 0.15) is 5.75 Å². The predicted octanol–water partition coefficient (Wildman–Crippen LogP) is 0.757. The van der Waals surface area contributed by atoms with Crippen LogP contribution in [-0.2, 0) is 20.9 Å². The van der Waals surface area contributed by atoms with Crippen molar-refractivity contribution in [2.45, 2.75) is 20.4 Å². The Kier molecular flexibility index (Phi) is 7.45. The van der Waals surface area contributed by atoms with Crippen LogP contribution in [0.15, 0.2) is 29.3 Å².